The Morgan fingerprint density at radius 3 is 2.33 bits per heavy atom. The molecular formula is C3H2Cl2F3O3P. The molecule has 1 saturated heterocycles. The molecule has 9 heteroatoms. The normalized spacial score (nSPS) is 47.4. The van der Waals surface area contributed by atoms with Crippen LogP contribution in [0.2, 0.25) is 0 Å². The highest BCUT2D eigenvalue weighted by Crippen LogP contribution is 2.62. The molecular weight excluding hydrogens is 243 g/mol. The maximum Gasteiger partial charge on any atom is 0.428 e. The van der Waals surface area contributed by atoms with E-state index in [2.05, 4.69) is 9.05 Å². The van der Waals surface area contributed by atoms with Gasteiger partial charge in [0.25, 0.3) is 6.36 Å². The van der Waals surface area contributed by atoms with Gasteiger partial charge in [0.15, 0.2) is 0 Å². The van der Waals surface area contributed by atoms with E-state index < -0.39 is 24.8 Å². The van der Waals surface area contributed by atoms with Gasteiger partial charge in [0.05, 0.1) is 0 Å². The van der Waals surface area contributed by atoms with Crippen LogP contribution in [0.1, 0.15) is 0 Å². The fraction of sp³-hybridized carbons (Fsp3) is 1.00. The molecule has 1 heterocycles. The third-order valence-electron chi connectivity index (χ3n) is 1.04. The lowest BCUT2D eigenvalue weighted by molar-refractivity contribution is -0.208. The van der Waals surface area contributed by atoms with Crippen molar-refractivity contribution in [3.05, 3.63) is 0 Å². The van der Waals surface area contributed by atoms with Crippen LogP contribution in [0, 0.1) is 0 Å². The van der Waals surface area contributed by atoms with Crippen LogP contribution in [-0.4, -0.2) is 17.8 Å². The van der Waals surface area contributed by atoms with Crippen LogP contribution in [0.3, 0.4) is 0 Å². The molecule has 3 nitrogen and oxygen atoms in total. The van der Waals surface area contributed by atoms with Gasteiger partial charge in [-0.1, -0.05) is 11.6 Å². The van der Waals surface area contributed by atoms with Gasteiger partial charge >= 0.3 is 12.9 Å². The highest BCUT2D eigenvalue weighted by atomic mass is 35.7. The Morgan fingerprint density at radius 2 is 1.92 bits per heavy atom. The molecule has 1 rings (SSSR count). The molecule has 0 saturated carbocycles. The second-order valence-electron chi connectivity index (χ2n) is 1.95. The summed E-state index contributed by atoms with van der Waals surface area (Å²) in [5.41, 5.74) is -2.38. The van der Waals surface area contributed by atoms with Crippen molar-refractivity contribution in [2.24, 2.45) is 0 Å². The fourth-order valence-corrected chi connectivity index (χ4v) is 2.25. The molecule has 0 amide bonds. The van der Waals surface area contributed by atoms with E-state index in [0.29, 0.717) is 0 Å². The van der Waals surface area contributed by atoms with Crippen LogP contribution in [-0.2, 0) is 13.6 Å². The maximum absolute atomic E-state index is 12.4. The van der Waals surface area contributed by atoms with Gasteiger partial charge in [-0.25, -0.2) is 8.96 Å². The molecule has 0 aliphatic carbocycles. The largest absolute Gasteiger partial charge is 0.428 e. The number of alkyl halides is 4. The van der Waals surface area contributed by atoms with Crippen LogP contribution in [0.4, 0.5) is 13.2 Å². The molecule has 1 fully saturated rings. The SMILES string of the molecule is O=P1(Cl)OC(F)C(F)(F)C(Cl)O1. The summed E-state index contributed by atoms with van der Waals surface area (Å²) >= 11 is 9.68. The van der Waals surface area contributed by atoms with Gasteiger partial charge in [0.1, 0.15) is 0 Å². The lowest BCUT2D eigenvalue weighted by Gasteiger charge is -2.31. The third kappa shape index (κ3) is 1.88. The fourth-order valence-electron chi connectivity index (χ4n) is 0.489. The van der Waals surface area contributed by atoms with Crippen LogP contribution in [0.25, 0.3) is 0 Å². The first-order valence-corrected chi connectivity index (χ1v) is 5.46. The molecule has 12 heavy (non-hydrogen) atoms. The van der Waals surface area contributed by atoms with Crippen molar-refractivity contribution in [2.45, 2.75) is 17.8 Å². The van der Waals surface area contributed by atoms with E-state index in [1.807, 2.05) is 0 Å². The van der Waals surface area contributed by atoms with Crippen molar-refractivity contribution in [1.82, 2.24) is 0 Å². The zero-order valence-corrected chi connectivity index (χ0v) is 7.62. The molecule has 1 aliphatic rings. The zero-order valence-electron chi connectivity index (χ0n) is 5.22. The van der Waals surface area contributed by atoms with Gasteiger partial charge in [0.2, 0.25) is 5.56 Å². The van der Waals surface area contributed by atoms with Gasteiger partial charge in [-0.2, -0.15) is 8.78 Å². The van der Waals surface area contributed by atoms with Crippen LogP contribution in [0.5, 0.6) is 0 Å². The van der Waals surface area contributed by atoms with Crippen molar-refractivity contribution in [3.8, 4) is 0 Å². The first-order chi connectivity index (χ1) is 5.26. The topological polar surface area (TPSA) is 35.5 Å². The van der Waals surface area contributed by atoms with E-state index in [1.165, 1.54) is 0 Å². The Bertz CT molecular complexity index is 219. The minimum Gasteiger partial charge on any atom is -0.270 e. The summed E-state index contributed by atoms with van der Waals surface area (Å²) in [7, 11) is 0. The van der Waals surface area contributed by atoms with Crippen molar-refractivity contribution >= 4 is 29.8 Å². The minimum absolute atomic E-state index is 2.38. The van der Waals surface area contributed by atoms with Gasteiger partial charge in [0, 0.05) is 11.2 Å². The molecule has 0 N–H and O–H groups in total. The molecule has 0 aromatic carbocycles. The summed E-state index contributed by atoms with van der Waals surface area (Å²) in [5, 5.41) is 0. The second kappa shape index (κ2) is 3.03. The quantitative estimate of drug-likeness (QED) is 0.486. The van der Waals surface area contributed by atoms with Crippen LogP contribution in [0.15, 0.2) is 0 Å². The average molecular weight is 245 g/mol. The second-order valence-corrected chi connectivity index (χ2v) is 4.87. The monoisotopic (exact) mass is 244 g/mol. The van der Waals surface area contributed by atoms with Crippen LogP contribution >= 0.6 is 29.8 Å². The van der Waals surface area contributed by atoms with Gasteiger partial charge < -0.3 is 0 Å². The Kier molecular flexibility index (Phi) is 2.67. The third-order valence-corrected chi connectivity index (χ3v) is 2.92. The van der Waals surface area contributed by atoms with Gasteiger partial charge in [-0.05, 0) is 0 Å². The highest BCUT2D eigenvalue weighted by molar-refractivity contribution is 7.81. The summed E-state index contributed by atoms with van der Waals surface area (Å²) in [6.45, 7) is -4.29. The summed E-state index contributed by atoms with van der Waals surface area (Å²) in [6, 6.07) is 0. The molecule has 1 aliphatic heterocycles. The van der Waals surface area contributed by atoms with E-state index >= 15 is 0 Å². The first-order valence-electron chi connectivity index (χ1n) is 2.58. The number of hydrogen-bond donors (Lipinski definition) is 0. The zero-order chi connectivity index (χ0) is 9.57. The van der Waals surface area contributed by atoms with Gasteiger partial charge in [-0.3, -0.25) is 9.05 Å². The lowest BCUT2D eigenvalue weighted by Crippen LogP contribution is -2.44. The predicted molar refractivity (Wildman–Crippen MR) is 35.1 cm³/mol. The molecule has 0 spiro atoms. The summed E-state index contributed by atoms with van der Waals surface area (Å²) in [6.07, 6.45) is -3.11. The summed E-state index contributed by atoms with van der Waals surface area (Å²) < 4.78 is 55.1. The first kappa shape index (κ1) is 10.6. The molecule has 0 aromatic heterocycles. The Morgan fingerprint density at radius 1 is 1.42 bits per heavy atom. The van der Waals surface area contributed by atoms with E-state index in [4.69, 9.17) is 22.8 Å². The molecule has 0 radical (unpaired) electrons. The summed E-state index contributed by atoms with van der Waals surface area (Å²) in [5.74, 6) is -4.05. The Balaban J connectivity index is 2.85. The molecule has 0 bridgehead atoms. The number of hydrogen-bond acceptors (Lipinski definition) is 3. The Hall–Kier alpha value is 0.520. The molecule has 3 atom stereocenters. The minimum atomic E-state index is -4.29. The predicted octanol–water partition coefficient (Wildman–Crippen LogP) is 2.88. The van der Waals surface area contributed by atoms with E-state index in [9.17, 15) is 17.7 Å². The van der Waals surface area contributed by atoms with E-state index in [0.717, 1.165) is 0 Å². The Labute approximate surface area is 75.0 Å². The van der Waals surface area contributed by atoms with Crippen molar-refractivity contribution < 1.29 is 26.8 Å². The van der Waals surface area contributed by atoms with Crippen LogP contribution < -0.4 is 0 Å². The van der Waals surface area contributed by atoms with Crippen molar-refractivity contribution in [1.29, 1.82) is 0 Å². The smallest absolute Gasteiger partial charge is 0.270 e. The number of halogens is 5. The highest BCUT2D eigenvalue weighted by Gasteiger charge is 2.58. The molecule has 72 valence electrons. The standard InChI is InChI=1S/C3H2Cl2F3O3P/c4-1-3(7,8)2(6)11-12(5,9)10-1/h1-2H. The van der Waals surface area contributed by atoms with E-state index in [1.54, 1.807) is 0 Å². The van der Waals surface area contributed by atoms with Crippen molar-refractivity contribution in [2.75, 3.05) is 0 Å². The number of rotatable bonds is 0. The van der Waals surface area contributed by atoms with Crippen molar-refractivity contribution in [3.63, 3.8) is 0 Å². The average Bonchev–Trinajstić information content (AvgIpc) is 1.82. The van der Waals surface area contributed by atoms with E-state index in [-0.39, 0.29) is 0 Å². The van der Waals surface area contributed by atoms with Gasteiger partial charge in [-0.15, -0.1) is 0 Å². The summed E-state index contributed by atoms with van der Waals surface area (Å²) in [4.78, 5) is 0. The maximum atomic E-state index is 12.4. The molecule has 0 aromatic rings. The molecule has 3 unspecified atom stereocenters. The lowest BCUT2D eigenvalue weighted by atomic mass is 10.4.